The summed E-state index contributed by atoms with van der Waals surface area (Å²) in [5, 5.41) is 0. The highest BCUT2D eigenvalue weighted by Gasteiger charge is 2.25. The molecule has 1 rings (SSSR count). The molecule has 0 atom stereocenters. The Hall–Kier alpha value is -0.300. The summed E-state index contributed by atoms with van der Waals surface area (Å²) in [6, 6.07) is 0. The summed E-state index contributed by atoms with van der Waals surface area (Å²) >= 11 is 0. The number of nitrogens with two attached hydrogens (primary N) is 1. The molecular weight excluding hydrogens is 146 g/mol. The van der Waals surface area contributed by atoms with Crippen molar-refractivity contribution < 1.29 is 0 Å². The Labute approximate surface area is 76.0 Å². The van der Waals surface area contributed by atoms with Gasteiger partial charge in [0.2, 0.25) is 0 Å². The van der Waals surface area contributed by atoms with Gasteiger partial charge in [-0.2, -0.15) is 0 Å². The molecule has 0 bridgehead atoms. The minimum absolute atomic E-state index is 0.134. The quantitative estimate of drug-likeness (QED) is 0.629. The van der Waals surface area contributed by atoms with Crippen LogP contribution in [0.3, 0.4) is 0 Å². The Morgan fingerprint density at radius 3 is 2.33 bits per heavy atom. The van der Waals surface area contributed by atoms with Crippen LogP contribution in [-0.4, -0.2) is 5.54 Å². The summed E-state index contributed by atoms with van der Waals surface area (Å²) in [6.07, 6.45) is 9.84. The van der Waals surface area contributed by atoms with Crippen molar-refractivity contribution in [3.8, 4) is 0 Å². The van der Waals surface area contributed by atoms with E-state index in [1.165, 1.54) is 37.7 Å². The van der Waals surface area contributed by atoms with Crippen LogP contribution in [0, 0.1) is 0 Å². The Morgan fingerprint density at radius 1 is 1.25 bits per heavy atom. The van der Waals surface area contributed by atoms with Gasteiger partial charge in [-0.05, 0) is 33.1 Å². The van der Waals surface area contributed by atoms with Crippen LogP contribution in [0.25, 0.3) is 0 Å². The van der Waals surface area contributed by atoms with E-state index in [-0.39, 0.29) is 5.54 Å². The SMILES string of the molecule is CC(C)=CCC1(N)CCCCC1. The van der Waals surface area contributed by atoms with Crippen LogP contribution < -0.4 is 5.73 Å². The van der Waals surface area contributed by atoms with Gasteiger partial charge in [0.25, 0.3) is 0 Å². The van der Waals surface area contributed by atoms with Gasteiger partial charge in [-0.1, -0.05) is 30.9 Å². The van der Waals surface area contributed by atoms with Gasteiger partial charge in [-0.3, -0.25) is 0 Å². The lowest BCUT2D eigenvalue weighted by molar-refractivity contribution is 0.298. The highest BCUT2D eigenvalue weighted by atomic mass is 14.7. The first-order valence-electron chi connectivity index (χ1n) is 5.05. The van der Waals surface area contributed by atoms with E-state index < -0.39 is 0 Å². The molecule has 0 unspecified atom stereocenters. The average molecular weight is 167 g/mol. The number of rotatable bonds is 2. The monoisotopic (exact) mass is 167 g/mol. The van der Waals surface area contributed by atoms with Crippen molar-refractivity contribution in [2.24, 2.45) is 5.73 Å². The Bertz CT molecular complexity index is 160. The van der Waals surface area contributed by atoms with Crippen molar-refractivity contribution in [2.75, 3.05) is 0 Å². The highest BCUT2D eigenvalue weighted by molar-refractivity contribution is 5.01. The van der Waals surface area contributed by atoms with Gasteiger partial charge < -0.3 is 5.73 Å². The minimum atomic E-state index is 0.134. The van der Waals surface area contributed by atoms with Crippen molar-refractivity contribution in [1.82, 2.24) is 0 Å². The van der Waals surface area contributed by atoms with Gasteiger partial charge >= 0.3 is 0 Å². The standard InChI is InChI=1S/C11H21N/c1-10(2)6-9-11(12)7-4-3-5-8-11/h6H,3-5,7-9,12H2,1-2H3. The second kappa shape index (κ2) is 4.08. The molecule has 70 valence electrons. The van der Waals surface area contributed by atoms with Gasteiger partial charge in [-0.25, -0.2) is 0 Å². The van der Waals surface area contributed by atoms with E-state index in [2.05, 4.69) is 19.9 Å². The summed E-state index contributed by atoms with van der Waals surface area (Å²) < 4.78 is 0. The fraction of sp³-hybridized carbons (Fsp3) is 0.818. The van der Waals surface area contributed by atoms with E-state index in [0.717, 1.165) is 6.42 Å². The van der Waals surface area contributed by atoms with Crippen LogP contribution in [0.15, 0.2) is 11.6 Å². The predicted octanol–water partition coefficient (Wildman–Crippen LogP) is 3.00. The summed E-state index contributed by atoms with van der Waals surface area (Å²) in [5.74, 6) is 0. The second-order valence-corrected chi connectivity index (χ2v) is 4.41. The Morgan fingerprint density at radius 2 is 1.83 bits per heavy atom. The first kappa shape index (κ1) is 9.79. The highest BCUT2D eigenvalue weighted by Crippen LogP contribution is 2.29. The fourth-order valence-electron chi connectivity index (χ4n) is 1.87. The predicted molar refractivity (Wildman–Crippen MR) is 54.1 cm³/mol. The molecule has 2 N–H and O–H groups in total. The fourth-order valence-corrected chi connectivity index (χ4v) is 1.87. The van der Waals surface area contributed by atoms with Gasteiger partial charge in [0.15, 0.2) is 0 Å². The maximum absolute atomic E-state index is 6.26. The molecule has 1 aliphatic carbocycles. The second-order valence-electron chi connectivity index (χ2n) is 4.41. The van der Waals surface area contributed by atoms with Crippen LogP contribution in [0.4, 0.5) is 0 Å². The van der Waals surface area contributed by atoms with Crippen molar-refractivity contribution in [2.45, 2.75) is 57.9 Å². The molecule has 0 aromatic heterocycles. The molecule has 0 saturated heterocycles. The molecule has 0 spiro atoms. The average Bonchev–Trinajstić information content (AvgIpc) is 2.03. The number of hydrogen-bond acceptors (Lipinski definition) is 1. The molecule has 1 aliphatic rings. The van der Waals surface area contributed by atoms with Crippen LogP contribution in [-0.2, 0) is 0 Å². The molecule has 0 radical (unpaired) electrons. The lowest BCUT2D eigenvalue weighted by atomic mass is 9.80. The third-order valence-electron chi connectivity index (χ3n) is 2.77. The zero-order valence-electron chi connectivity index (χ0n) is 8.40. The third kappa shape index (κ3) is 2.98. The van der Waals surface area contributed by atoms with Crippen molar-refractivity contribution in [3.63, 3.8) is 0 Å². The topological polar surface area (TPSA) is 26.0 Å². The molecular formula is C11H21N. The maximum Gasteiger partial charge on any atom is 0.0189 e. The largest absolute Gasteiger partial charge is 0.325 e. The van der Waals surface area contributed by atoms with E-state index in [1.54, 1.807) is 0 Å². The van der Waals surface area contributed by atoms with Gasteiger partial charge in [0.1, 0.15) is 0 Å². The molecule has 0 amide bonds. The van der Waals surface area contributed by atoms with E-state index in [1.807, 2.05) is 0 Å². The van der Waals surface area contributed by atoms with Crippen LogP contribution in [0.2, 0.25) is 0 Å². The summed E-state index contributed by atoms with van der Waals surface area (Å²) in [7, 11) is 0. The van der Waals surface area contributed by atoms with Crippen LogP contribution >= 0.6 is 0 Å². The summed E-state index contributed by atoms with van der Waals surface area (Å²) in [6.45, 7) is 4.29. The molecule has 1 nitrogen and oxygen atoms in total. The summed E-state index contributed by atoms with van der Waals surface area (Å²) in [5.41, 5.74) is 7.79. The lowest BCUT2D eigenvalue weighted by Gasteiger charge is -2.32. The molecule has 1 fully saturated rings. The van der Waals surface area contributed by atoms with E-state index in [0.29, 0.717) is 0 Å². The molecule has 0 heterocycles. The van der Waals surface area contributed by atoms with Gasteiger partial charge in [-0.15, -0.1) is 0 Å². The number of hydrogen-bond donors (Lipinski definition) is 1. The molecule has 12 heavy (non-hydrogen) atoms. The third-order valence-corrected chi connectivity index (χ3v) is 2.77. The zero-order valence-corrected chi connectivity index (χ0v) is 8.40. The maximum atomic E-state index is 6.26. The first-order valence-corrected chi connectivity index (χ1v) is 5.05. The first-order chi connectivity index (χ1) is 5.62. The van der Waals surface area contributed by atoms with Gasteiger partial charge in [0.05, 0.1) is 0 Å². The van der Waals surface area contributed by atoms with Crippen molar-refractivity contribution >= 4 is 0 Å². The Kier molecular flexibility index (Phi) is 3.33. The molecule has 1 saturated carbocycles. The number of allylic oxidation sites excluding steroid dienone is 1. The lowest BCUT2D eigenvalue weighted by Crippen LogP contribution is -2.41. The van der Waals surface area contributed by atoms with Crippen molar-refractivity contribution in [3.05, 3.63) is 11.6 Å². The van der Waals surface area contributed by atoms with E-state index in [9.17, 15) is 0 Å². The normalized spacial score (nSPS) is 21.9. The van der Waals surface area contributed by atoms with E-state index >= 15 is 0 Å². The Balaban J connectivity index is 2.41. The van der Waals surface area contributed by atoms with E-state index in [4.69, 9.17) is 5.73 Å². The van der Waals surface area contributed by atoms with Gasteiger partial charge in [0, 0.05) is 5.54 Å². The molecule has 0 aliphatic heterocycles. The minimum Gasteiger partial charge on any atom is -0.325 e. The van der Waals surface area contributed by atoms with Crippen molar-refractivity contribution in [1.29, 1.82) is 0 Å². The smallest absolute Gasteiger partial charge is 0.0189 e. The molecule has 0 aromatic rings. The molecule has 1 heteroatoms. The van der Waals surface area contributed by atoms with Crippen LogP contribution in [0.5, 0.6) is 0 Å². The summed E-state index contributed by atoms with van der Waals surface area (Å²) in [4.78, 5) is 0. The molecule has 0 aromatic carbocycles. The zero-order chi connectivity index (χ0) is 9.03. The van der Waals surface area contributed by atoms with Crippen LogP contribution in [0.1, 0.15) is 52.4 Å².